The first-order valence-corrected chi connectivity index (χ1v) is 20.9. The maximum absolute atomic E-state index is 14.2. The molecule has 2 aliphatic heterocycles. The molecule has 2 heterocycles. The van der Waals surface area contributed by atoms with Crippen molar-refractivity contribution in [3.63, 3.8) is 0 Å². The van der Waals surface area contributed by atoms with Gasteiger partial charge in [0.25, 0.3) is 0 Å². The summed E-state index contributed by atoms with van der Waals surface area (Å²) >= 11 is 0. The monoisotopic (exact) mass is 810 g/mol. The number of amides is 4. The lowest BCUT2D eigenvalue weighted by molar-refractivity contribution is -0.134. The number of ether oxygens (including phenoxy) is 2. The zero-order valence-corrected chi connectivity index (χ0v) is 35.3. The van der Waals surface area contributed by atoms with Crippen LogP contribution in [0.15, 0.2) is 78.9 Å². The lowest BCUT2D eigenvalue weighted by atomic mass is 9.93. The number of nitrogens with one attached hydrogen (secondary N) is 5. The summed E-state index contributed by atoms with van der Waals surface area (Å²) in [6, 6.07) is 20.6. The van der Waals surface area contributed by atoms with Crippen molar-refractivity contribution < 1.29 is 33.4 Å². The van der Waals surface area contributed by atoms with Gasteiger partial charge in [-0.05, 0) is 86.3 Å². The molecule has 5 unspecified atom stereocenters. The molecule has 0 aromatic heterocycles. The van der Waals surface area contributed by atoms with Crippen LogP contribution in [0, 0.1) is 18.8 Å². The predicted octanol–water partition coefficient (Wildman–Crippen LogP) is 4.64. The van der Waals surface area contributed by atoms with Crippen molar-refractivity contribution in [3.8, 4) is 5.75 Å². The number of nitrogens with zero attached hydrogens (tertiary/aromatic N) is 1. The molecule has 5 atom stereocenters. The van der Waals surface area contributed by atoms with Crippen LogP contribution in [0.3, 0.4) is 0 Å². The Bertz CT molecular complexity index is 1880. The van der Waals surface area contributed by atoms with Crippen LogP contribution in [-0.2, 0) is 36.8 Å². The summed E-state index contributed by atoms with van der Waals surface area (Å²) in [4.78, 5) is 71.6. The number of anilines is 1. The van der Waals surface area contributed by atoms with Crippen LogP contribution in [0.4, 0.5) is 10.5 Å². The average molecular weight is 811 g/mol. The first kappa shape index (κ1) is 44.8. The van der Waals surface area contributed by atoms with Gasteiger partial charge in [0.15, 0.2) is 5.78 Å². The molecule has 2 aliphatic rings. The lowest BCUT2D eigenvalue weighted by Crippen LogP contribution is -2.59. The van der Waals surface area contributed by atoms with Crippen molar-refractivity contribution >= 4 is 35.3 Å². The Labute approximate surface area is 348 Å². The second-order valence-corrected chi connectivity index (χ2v) is 16.8. The fourth-order valence-electron chi connectivity index (χ4n) is 7.26. The van der Waals surface area contributed by atoms with Crippen molar-refractivity contribution in [1.82, 2.24) is 26.6 Å². The van der Waals surface area contributed by atoms with Gasteiger partial charge in [0.2, 0.25) is 17.7 Å². The third-order valence-electron chi connectivity index (χ3n) is 10.7. The molecule has 13 nitrogen and oxygen atoms in total. The first-order valence-electron chi connectivity index (χ1n) is 20.9. The van der Waals surface area contributed by atoms with Crippen LogP contribution in [0.5, 0.6) is 5.75 Å². The number of epoxide rings is 1. The number of piperazine rings is 1. The van der Waals surface area contributed by atoms with Crippen molar-refractivity contribution in [2.75, 3.05) is 37.7 Å². The van der Waals surface area contributed by atoms with Gasteiger partial charge in [-0.3, -0.25) is 19.2 Å². The molecule has 0 radical (unpaired) electrons. The number of aryl methyl sites for hydroxylation is 2. The Hall–Kier alpha value is -5.27. The van der Waals surface area contributed by atoms with Gasteiger partial charge >= 0.3 is 6.09 Å². The molecule has 2 fully saturated rings. The second kappa shape index (κ2) is 21.1. The number of hydrogen-bond acceptors (Lipinski definition) is 9. The lowest BCUT2D eigenvalue weighted by Gasteiger charge is -2.30. The standard InChI is InChI=1S/C46H62N6O7/c1-30(2)25-37(41(53)46(6)29-58-46)48-44(56)39(28-34-15-11-8-12-16-34)50-43(55)38(26-31(3)4)49-42(54)36(19-17-33-13-9-7-10-14-33)51-45(57)59-40-20-18-35(27-32(40)5)52-23-21-47-22-24-52/h7-16,18,20,27,30-31,36-39,47H,17,19,21-26,28-29H2,1-6H3,(H,48,56)(H,49,54)(H,50,55)(H,51,57). The number of carbonyl (C=O) groups is 5. The normalized spacial score (nSPS) is 18.3. The zero-order chi connectivity index (χ0) is 42.5. The number of Topliss-reactive ketones (excluding diaryl/α,β-unsaturated/α-hetero) is 1. The van der Waals surface area contributed by atoms with E-state index in [9.17, 15) is 24.0 Å². The largest absolute Gasteiger partial charge is 0.413 e. The molecular formula is C46H62N6O7. The second-order valence-electron chi connectivity index (χ2n) is 16.8. The summed E-state index contributed by atoms with van der Waals surface area (Å²) in [5, 5.41) is 14.8. The molecule has 4 amide bonds. The van der Waals surface area contributed by atoms with Crippen LogP contribution in [0.2, 0.25) is 0 Å². The third kappa shape index (κ3) is 13.6. The van der Waals surface area contributed by atoms with Crippen molar-refractivity contribution in [1.29, 1.82) is 0 Å². The molecule has 3 aromatic carbocycles. The molecule has 2 saturated heterocycles. The summed E-state index contributed by atoms with van der Waals surface area (Å²) in [6.07, 6.45) is 0.725. The minimum absolute atomic E-state index is 0.0207. The molecule has 59 heavy (non-hydrogen) atoms. The van der Waals surface area contributed by atoms with Gasteiger partial charge in [-0.2, -0.15) is 0 Å². The Morgan fingerprint density at radius 2 is 1.27 bits per heavy atom. The van der Waals surface area contributed by atoms with E-state index in [0.29, 0.717) is 25.2 Å². The molecule has 0 bridgehead atoms. The fourth-order valence-corrected chi connectivity index (χ4v) is 7.26. The Kier molecular flexibility index (Phi) is 16.0. The summed E-state index contributed by atoms with van der Waals surface area (Å²) < 4.78 is 11.2. The molecule has 5 N–H and O–H groups in total. The maximum Gasteiger partial charge on any atom is 0.413 e. The highest BCUT2D eigenvalue weighted by Crippen LogP contribution is 2.30. The van der Waals surface area contributed by atoms with E-state index in [1.807, 2.05) is 107 Å². The van der Waals surface area contributed by atoms with Gasteiger partial charge in [-0.15, -0.1) is 0 Å². The van der Waals surface area contributed by atoms with E-state index >= 15 is 0 Å². The zero-order valence-electron chi connectivity index (χ0n) is 35.3. The smallest absolute Gasteiger partial charge is 0.410 e. The number of rotatable bonds is 20. The van der Waals surface area contributed by atoms with Crippen LogP contribution in [0.25, 0.3) is 0 Å². The van der Waals surface area contributed by atoms with Gasteiger partial charge in [-0.1, -0.05) is 88.4 Å². The number of benzene rings is 3. The number of ketones is 1. The van der Waals surface area contributed by atoms with Crippen LogP contribution < -0.4 is 36.2 Å². The maximum atomic E-state index is 14.2. The minimum atomic E-state index is -1.06. The topological polar surface area (TPSA) is 170 Å². The molecule has 0 saturated carbocycles. The third-order valence-corrected chi connectivity index (χ3v) is 10.7. The van der Waals surface area contributed by atoms with E-state index in [4.69, 9.17) is 9.47 Å². The number of hydrogen-bond donors (Lipinski definition) is 5. The first-order chi connectivity index (χ1) is 28.2. The number of carbonyl (C=O) groups excluding carboxylic acids is 5. The molecular weight excluding hydrogens is 749 g/mol. The fraction of sp³-hybridized carbons (Fsp3) is 0.500. The molecule has 13 heteroatoms. The Morgan fingerprint density at radius 3 is 1.86 bits per heavy atom. The van der Waals surface area contributed by atoms with E-state index in [1.165, 1.54) is 0 Å². The highest BCUT2D eigenvalue weighted by molar-refractivity contribution is 5.98. The minimum Gasteiger partial charge on any atom is -0.410 e. The SMILES string of the molecule is Cc1cc(N2CCNCC2)ccc1OC(=O)NC(CCc1ccccc1)C(=O)NC(CC(C)C)C(=O)NC(Cc1ccccc1)C(=O)NC(CC(C)C)C(=O)C1(C)CO1. The highest BCUT2D eigenvalue weighted by atomic mass is 16.6. The van der Waals surface area contributed by atoms with Gasteiger partial charge < -0.3 is 41.0 Å². The van der Waals surface area contributed by atoms with Crippen LogP contribution >= 0.6 is 0 Å². The molecule has 3 aromatic rings. The van der Waals surface area contributed by atoms with Crippen molar-refractivity contribution in [3.05, 3.63) is 95.6 Å². The summed E-state index contributed by atoms with van der Waals surface area (Å²) in [7, 11) is 0. The quantitative estimate of drug-likeness (QED) is 0.102. The predicted molar refractivity (Wildman–Crippen MR) is 228 cm³/mol. The summed E-state index contributed by atoms with van der Waals surface area (Å²) in [5.74, 6) is -1.38. The molecule has 0 spiro atoms. The van der Waals surface area contributed by atoms with Crippen LogP contribution in [0.1, 0.15) is 70.6 Å². The van der Waals surface area contributed by atoms with Gasteiger partial charge in [0, 0.05) is 38.3 Å². The van der Waals surface area contributed by atoms with Crippen molar-refractivity contribution in [2.45, 2.75) is 103 Å². The summed E-state index contributed by atoms with van der Waals surface area (Å²) in [6.45, 7) is 15.2. The van der Waals surface area contributed by atoms with Gasteiger partial charge in [0.05, 0.1) is 12.6 Å². The average Bonchev–Trinajstić information content (AvgIpc) is 3.97. The van der Waals surface area contributed by atoms with E-state index < -0.39 is 53.6 Å². The van der Waals surface area contributed by atoms with Crippen molar-refractivity contribution in [2.24, 2.45) is 11.8 Å². The van der Waals surface area contributed by atoms with Crippen LogP contribution in [-0.4, -0.2) is 92.2 Å². The van der Waals surface area contributed by atoms with E-state index in [2.05, 4.69) is 31.5 Å². The van der Waals surface area contributed by atoms with E-state index in [1.54, 1.807) is 13.0 Å². The Balaban J connectivity index is 1.32. The molecule has 318 valence electrons. The highest BCUT2D eigenvalue weighted by Gasteiger charge is 2.50. The molecule has 0 aliphatic carbocycles. The van der Waals surface area contributed by atoms with E-state index in [-0.39, 0.29) is 36.9 Å². The van der Waals surface area contributed by atoms with Gasteiger partial charge in [-0.25, -0.2) is 4.79 Å². The Morgan fingerprint density at radius 1 is 0.729 bits per heavy atom. The summed E-state index contributed by atoms with van der Waals surface area (Å²) in [5.41, 5.74) is 2.66. The van der Waals surface area contributed by atoms with E-state index in [0.717, 1.165) is 48.6 Å². The van der Waals surface area contributed by atoms with Gasteiger partial charge in [0.1, 0.15) is 29.5 Å². The molecule has 5 rings (SSSR count).